The van der Waals surface area contributed by atoms with Crippen molar-refractivity contribution in [1.82, 2.24) is 4.98 Å². The molecule has 1 N–H and O–H groups in total. The van der Waals surface area contributed by atoms with Crippen LogP contribution in [0, 0.1) is 12.8 Å². The molecule has 0 aliphatic carbocycles. The number of aromatic nitrogens is 1. The van der Waals surface area contributed by atoms with Gasteiger partial charge in [0.2, 0.25) is 0 Å². The van der Waals surface area contributed by atoms with E-state index in [-0.39, 0.29) is 12.0 Å². The van der Waals surface area contributed by atoms with Crippen LogP contribution in [0.5, 0.6) is 0 Å². The predicted octanol–water partition coefficient (Wildman–Crippen LogP) is 1.95. The number of pyridine rings is 1. The number of aliphatic hydroxyl groups is 1. The van der Waals surface area contributed by atoms with Crippen molar-refractivity contribution in [1.29, 1.82) is 0 Å². The van der Waals surface area contributed by atoms with Gasteiger partial charge in [-0.2, -0.15) is 0 Å². The van der Waals surface area contributed by atoms with E-state index in [1.807, 2.05) is 39.0 Å². The molecule has 0 fully saturated rings. The van der Waals surface area contributed by atoms with Crippen molar-refractivity contribution in [2.45, 2.75) is 33.3 Å². The van der Waals surface area contributed by atoms with Crippen LogP contribution in [0.2, 0.25) is 0 Å². The fourth-order valence-electron chi connectivity index (χ4n) is 1.21. The summed E-state index contributed by atoms with van der Waals surface area (Å²) in [6.45, 7) is 5.84. The van der Waals surface area contributed by atoms with E-state index >= 15 is 0 Å². The number of hydrogen-bond donors (Lipinski definition) is 1. The second-order valence-corrected chi connectivity index (χ2v) is 3.69. The average molecular weight is 179 g/mol. The van der Waals surface area contributed by atoms with Gasteiger partial charge in [0, 0.05) is 11.4 Å². The van der Waals surface area contributed by atoms with Crippen LogP contribution in [0.15, 0.2) is 18.2 Å². The second-order valence-electron chi connectivity index (χ2n) is 3.69. The normalized spacial score (nSPS) is 15.4. The van der Waals surface area contributed by atoms with Crippen LogP contribution in [0.1, 0.15) is 25.2 Å². The van der Waals surface area contributed by atoms with E-state index in [9.17, 15) is 5.11 Å². The lowest BCUT2D eigenvalue weighted by atomic mass is 10.00. The minimum absolute atomic E-state index is 0.262. The van der Waals surface area contributed by atoms with Gasteiger partial charge in [0.15, 0.2) is 0 Å². The quantitative estimate of drug-likeness (QED) is 0.769. The summed E-state index contributed by atoms with van der Waals surface area (Å²) in [5, 5.41) is 9.32. The molecule has 0 saturated carbocycles. The Morgan fingerprint density at radius 2 is 2.08 bits per heavy atom. The Bertz CT molecular complexity index is 271. The zero-order valence-electron chi connectivity index (χ0n) is 8.49. The highest BCUT2D eigenvalue weighted by Crippen LogP contribution is 2.10. The molecule has 2 unspecified atom stereocenters. The van der Waals surface area contributed by atoms with Gasteiger partial charge in [0.25, 0.3) is 0 Å². The Morgan fingerprint density at radius 1 is 1.38 bits per heavy atom. The molecule has 0 aliphatic heterocycles. The van der Waals surface area contributed by atoms with Crippen LogP contribution in [0.25, 0.3) is 0 Å². The first-order valence-electron chi connectivity index (χ1n) is 4.70. The molecule has 2 nitrogen and oxygen atoms in total. The van der Waals surface area contributed by atoms with Gasteiger partial charge in [0.05, 0.1) is 6.10 Å². The Hall–Kier alpha value is -0.890. The van der Waals surface area contributed by atoms with Crippen molar-refractivity contribution in [2.24, 2.45) is 5.92 Å². The summed E-state index contributed by atoms with van der Waals surface area (Å²) in [6, 6.07) is 5.99. The van der Waals surface area contributed by atoms with E-state index in [1.54, 1.807) is 0 Å². The van der Waals surface area contributed by atoms with Crippen molar-refractivity contribution in [3.05, 3.63) is 29.6 Å². The molecule has 2 atom stereocenters. The molecule has 2 heteroatoms. The first-order chi connectivity index (χ1) is 6.09. The first-order valence-corrected chi connectivity index (χ1v) is 4.70. The second kappa shape index (κ2) is 4.38. The molecule has 72 valence electrons. The summed E-state index contributed by atoms with van der Waals surface area (Å²) in [5.41, 5.74) is 2.10. The molecule has 0 saturated heterocycles. The minimum Gasteiger partial charge on any atom is -0.393 e. The molecular formula is C11H17NO. The third kappa shape index (κ3) is 3.15. The molecule has 0 radical (unpaired) electrons. The summed E-state index contributed by atoms with van der Waals surface area (Å²) >= 11 is 0. The Balaban J connectivity index is 2.64. The van der Waals surface area contributed by atoms with E-state index in [0.29, 0.717) is 0 Å². The molecule has 1 aromatic rings. The molecule has 0 amide bonds. The van der Waals surface area contributed by atoms with Crippen molar-refractivity contribution in [3.8, 4) is 0 Å². The number of nitrogens with zero attached hydrogens (tertiary/aromatic N) is 1. The standard InChI is InChI=1S/C11H17NO/c1-8(10(3)13)7-11-6-4-5-9(2)12-11/h4-6,8,10,13H,7H2,1-3H3. The van der Waals surface area contributed by atoms with E-state index in [2.05, 4.69) is 4.98 Å². The van der Waals surface area contributed by atoms with Crippen LogP contribution in [-0.2, 0) is 6.42 Å². The lowest BCUT2D eigenvalue weighted by Gasteiger charge is -2.13. The van der Waals surface area contributed by atoms with Crippen LogP contribution < -0.4 is 0 Å². The van der Waals surface area contributed by atoms with Crippen LogP contribution in [-0.4, -0.2) is 16.2 Å². The van der Waals surface area contributed by atoms with Crippen molar-refractivity contribution < 1.29 is 5.11 Å². The minimum atomic E-state index is -0.262. The fourth-order valence-corrected chi connectivity index (χ4v) is 1.21. The summed E-state index contributed by atoms with van der Waals surface area (Å²) in [4.78, 5) is 4.38. The highest BCUT2D eigenvalue weighted by atomic mass is 16.3. The average Bonchev–Trinajstić information content (AvgIpc) is 2.04. The summed E-state index contributed by atoms with van der Waals surface area (Å²) in [6.07, 6.45) is 0.585. The maximum atomic E-state index is 9.32. The van der Waals surface area contributed by atoms with E-state index in [1.165, 1.54) is 0 Å². The van der Waals surface area contributed by atoms with Gasteiger partial charge in [0.1, 0.15) is 0 Å². The Kier molecular flexibility index (Phi) is 3.43. The monoisotopic (exact) mass is 179 g/mol. The lowest BCUT2D eigenvalue weighted by molar-refractivity contribution is 0.134. The summed E-state index contributed by atoms with van der Waals surface area (Å²) in [5.74, 6) is 0.272. The van der Waals surface area contributed by atoms with E-state index in [4.69, 9.17) is 0 Å². The van der Waals surface area contributed by atoms with E-state index in [0.717, 1.165) is 17.8 Å². The van der Waals surface area contributed by atoms with Crippen LogP contribution >= 0.6 is 0 Å². The van der Waals surface area contributed by atoms with Crippen molar-refractivity contribution in [2.75, 3.05) is 0 Å². The topological polar surface area (TPSA) is 33.1 Å². The molecule has 1 heterocycles. The smallest absolute Gasteiger partial charge is 0.0541 e. The van der Waals surface area contributed by atoms with Gasteiger partial charge in [-0.25, -0.2) is 0 Å². The van der Waals surface area contributed by atoms with Gasteiger partial charge < -0.3 is 5.11 Å². The number of aliphatic hydroxyl groups excluding tert-OH is 1. The zero-order chi connectivity index (χ0) is 9.84. The first kappa shape index (κ1) is 10.2. The SMILES string of the molecule is Cc1cccc(CC(C)C(C)O)n1. The Morgan fingerprint density at radius 3 is 2.62 bits per heavy atom. The molecule has 1 aromatic heterocycles. The highest BCUT2D eigenvalue weighted by molar-refractivity contribution is 5.10. The Labute approximate surface area is 79.6 Å². The molecule has 0 bridgehead atoms. The summed E-state index contributed by atoms with van der Waals surface area (Å²) < 4.78 is 0. The van der Waals surface area contributed by atoms with Crippen molar-refractivity contribution in [3.63, 3.8) is 0 Å². The number of rotatable bonds is 3. The van der Waals surface area contributed by atoms with Crippen LogP contribution in [0.3, 0.4) is 0 Å². The van der Waals surface area contributed by atoms with Gasteiger partial charge in [-0.3, -0.25) is 4.98 Å². The third-order valence-corrected chi connectivity index (χ3v) is 2.30. The van der Waals surface area contributed by atoms with E-state index < -0.39 is 0 Å². The van der Waals surface area contributed by atoms with Crippen molar-refractivity contribution >= 4 is 0 Å². The summed E-state index contributed by atoms with van der Waals surface area (Å²) in [7, 11) is 0. The molecule has 0 spiro atoms. The molecule has 13 heavy (non-hydrogen) atoms. The van der Waals surface area contributed by atoms with Crippen LogP contribution in [0.4, 0.5) is 0 Å². The highest BCUT2D eigenvalue weighted by Gasteiger charge is 2.09. The maximum Gasteiger partial charge on any atom is 0.0541 e. The van der Waals surface area contributed by atoms with Gasteiger partial charge >= 0.3 is 0 Å². The third-order valence-electron chi connectivity index (χ3n) is 2.30. The maximum absolute atomic E-state index is 9.32. The van der Waals surface area contributed by atoms with Gasteiger partial charge in [-0.05, 0) is 38.3 Å². The largest absolute Gasteiger partial charge is 0.393 e. The number of hydrogen-bond acceptors (Lipinski definition) is 2. The number of aryl methyl sites for hydroxylation is 1. The molecule has 0 aromatic carbocycles. The zero-order valence-corrected chi connectivity index (χ0v) is 8.49. The van der Waals surface area contributed by atoms with Gasteiger partial charge in [-0.1, -0.05) is 13.0 Å². The molecular weight excluding hydrogens is 162 g/mol. The fraction of sp³-hybridized carbons (Fsp3) is 0.545. The predicted molar refractivity (Wildman–Crippen MR) is 53.5 cm³/mol. The molecule has 0 aliphatic rings. The van der Waals surface area contributed by atoms with Gasteiger partial charge in [-0.15, -0.1) is 0 Å². The molecule has 1 rings (SSSR count). The lowest BCUT2D eigenvalue weighted by Crippen LogP contribution is -2.16.